The zero-order valence-electron chi connectivity index (χ0n) is 38.2. The number of hydrogen-bond donors (Lipinski definition) is 0. The Hall–Kier alpha value is -3.89. The van der Waals surface area contributed by atoms with E-state index < -0.39 is 66.8 Å². The van der Waals surface area contributed by atoms with Crippen LogP contribution >= 0.6 is 23.6 Å². The maximum Gasteiger partial charge on any atom is 0.530 e. The number of unbranched alkanes of at least 4 members (excludes halogenated alkanes) is 5. The van der Waals surface area contributed by atoms with E-state index in [2.05, 4.69) is 6.92 Å². The molecule has 4 aromatic rings. The van der Waals surface area contributed by atoms with E-state index in [1.54, 1.807) is 97.9 Å². The van der Waals surface area contributed by atoms with Crippen LogP contribution in [0.1, 0.15) is 79.4 Å². The van der Waals surface area contributed by atoms with Gasteiger partial charge in [-0.3, -0.25) is 31.9 Å². The molecule has 0 saturated heterocycles. The molecule has 0 aromatic heterocycles. The second-order valence-electron chi connectivity index (χ2n) is 15.6. The second-order valence-corrected chi connectivity index (χ2v) is 19.4. The number of carbonyl (C=O) groups excluding carboxylic acids is 1. The molecule has 366 valence electrons. The first-order chi connectivity index (χ1) is 32.5. The topological polar surface area (TPSA) is 196 Å². The van der Waals surface area contributed by atoms with Crippen LogP contribution in [0.15, 0.2) is 109 Å². The standard InChI is InChI=1S/C47H61O17P3/c1-5-6-7-8-9-19-28-55-42-29-40(30-48)26-27-41(42)62-67(52,60-33-39-24-17-12-18-25-39)64-46-43(56-34-53-3)36(2)44(61-65(49)50)47(45(46)57-35-54-4)63-66(51,58-31-37-20-13-10-14-21-37)59-32-38-22-15-11-16-23-38/h10-18,20-27,29-30,36,43-47H,5-9,19,28,31-35H2,1-4H3/t36-,43+,44+,45-,46+,47-,67?/m0/s1. The third-order valence-electron chi connectivity index (χ3n) is 10.6. The first-order valence-electron chi connectivity index (χ1n) is 22.1. The number of carbonyl (C=O) groups is 1. The Morgan fingerprint density at radius 2 is 1.07 bits per heavy atom. The summed E-state index contributed by atoms with van der Waals surface area (Å²) in [5.74, 6) is -1.03. The highest BCUT2D eigenvalue weighted by Crippen LogP contribution is 2.58. The predicted octanol–water partition coefficient (Wildman–Crippen LogP) is 11.4. The van der Waals surface area contributed by atoms with Gasteiger partial charge >= 0.3 is 23.6 Å². The van der Waals surface area contributed by atoms with Gasteiger partial charge in [0.25, 0.3) is 0 Å². The highest BCUT2D eigenvalue weighted by molar-refractivity contribution is 7.49. The Labute approximate surface area is 393 Å². The Kier molecular flexibility index (Phi) is 23.0. The van der Waals surface area contributed by atoms with E-state index in [1.165, 1.54) is 32.4 Å². The highest BCUT2D eigenvalue weighted by atomic mass is 31.2. The summed E-state index contributed by atoms with van der Waals surface area (Å²) in [6.45, 7) is 2.34. The van der Waals surface area contributed by atoms with Crippen molar-refractivity contribution in [1.29, 1.82) is 0 Å². The molecule has 7 atom stereocenters. The second kappa shape index (κ2) is 28.6. The number of hydrogen-bond acceptors (Lipinski definition) is 17. The van der Waals surface area contributed by atoms with Crippen molar-refractivity contribution in [3.8, 4) is 11.5 Å². The molecule has 20 heteroatoms. The number of ether oxygens (including phenoxy) is 5. The minimum atomic E-state index is -4.94. The van der Waals surface area contributed by atoms with Gasteiger partial charge in [-0.05, 0) is 41.3 Å². The van der Waals surface area contributed by atoms with Crippen LogP contribution in [0.5, 0.6) is 11.5 Å². The third-order valence-corrected chi connectivity index (χ3v) is 13.7. The SMILES string of the molecule is CCCCCCCCOc1cc(C=O)ccc1OP(=O)(OCc1ccccc1)O[C@H]1[C@H](OCOC)[C@@H](OP(=O)(OCc2ccccc2)OCc2ccccc2)[C@H](OP(=O)=O)[C@@H](C)[C@H]1OCOC. The van der Waals surface area contributed by atoms with E-state index in [0.717, 1.165) is 32.1 Å². The molecule has 1 fully saturated rings. The number of methoxy groups -OCH3 is 2. The van der Waals surface area contributed by atoms with Crippen LogP contribution < -0.4 is 9.26 Å². The van der Waals surface area contributed by atoms with Crippen molar-refractivity contribution >= 4 is 29.8 Å². The van der Waals surface area contributed by atoms with Gasteiger partial charge in [0.1, 0.15) is 44.3 Å². The lowest BCUT2D eigenvalue weighted by Gasteiger charge is -2.48. The highest BCUT2D eigenvalue weighted by Gasteiger charge is 2.58. The molecule has 0 bridgehead atoms. The quantitative estimate of drug-likeness (QED) is 0.0194. The van der Waals surface area contributed by atoms with Crippen molar-refractivity contribution < 1.29 is 78.4 Å². The van der Waals surface area contributed by atoms with Crippen LogP contribution in [-0.2, 0) is 84.2 Å². The smallest absolute Gasteiger partial charge is 0.490 e. The lowest BCUT2D eigenvalue weighted by atomic mass is 9.79. The Morgan fingerprint density at radius 3 is 1.60 bits per heavy atom. The van der Waals surface area contributed by atoms with Crippen LogP contribution in [0.3, 0.4) is 0 Å². The molecule has 1 aliphatic rings. The van der Waals surface area contributed by atoms with Gasteiger partial charge < -0.3 is 28.2 Å². The summed E-state index contributed by atoms with van der Waals surface area (Å²) < 4.78 is 127. The number of rotatable bonds is 32. The van der Waals surface area contributed by atoms with Gasteiger partial charge in [0.15, 0.2) is 11.5 Å². The maximum atomic E-state index is 15.5. The molecule has 0 amide bonds. The van der Waals surface area contributed by atoms with E-state index in [1.807, 2.05) is 0 Å². The van der Waals surface area contributed by atoms with Gasteiger partial charge in [-0.25, -0.2) is 18.3 Å². The molecule has 0 aliphatic heterocycles. The first-order valence-corrected chi connectivity index (χ1v) is 26.1. The molecular weight excluding hydrogens is 929 g/mol. The average molecular weight is 991 g/mol. The molecule has 17 nitrogen and oxygen atoms in total. The number of phosphoric ester groups is 2. The summed E-state index contributed by atoms with van der Waals surface area (Å²) in [6, 6.07) is 30.8. The normalized spacial score (nSPS) is 20.5. The Balaban J connectivity index is 1.58. The fourth-order valence-corrected chi connectivity index (χ4v) is 10.5. The van der Waals surface area contributed by atoms with Gasteiger partial charge in [0, 0.05) is 25.7 Å². The zero-order valence-corrected chi connectivity index (χ0v) is 40.9. The predicted molar refractivity (Wildman–Crippen MR) is 246 cm³/mol. The molecule has 4 aromatic carbocycles. The first kappa shape index (κ1) is 54.1. The average Bonchev–Trinajstić information content (AvgIpc) is 3.34. The minimum Gasteiger partial charge on any atom is -0.490 e. The van der Waals surface area contributed by atoms with E-state index in [-0.39, 0.29) is 50.3 Å². The maximum absolute atomic E-state index is 15.5. The molecule has 0 radical (unpaired) electrons. The van der Waals surface area contributed by atoms with E-state index in [9.17, 15) is 13.9 Å². The van der Waals surface area contributed by atoms with Gasteiger partial charge in [-0.1, -0.05) is 137 Å². The van der Waals surface area contributed by atoms with Crippen LogP contribution in [0.2, 0.25) is 0 Å². The van der Waals surface area contributed by atoms with Crippen molar-refractivity contribution in [2.75, 3.05) is 34.4 Å². The third kappa shape index (κ3) is 17.5. The lowest BCUT2D eigenvalue weighted by molar-refractivity contribution is -0.244. The minimum absolute atomic E-state index is 0.0777. The molecule has 1 unspecified atom stereocenters. The molecule has 0 heterocycles. The van der Waals surface area contributed by atoms with E-state index in [0.29, 0.717) is 29.4 Å². The van der Waals surface area contributed by atoms with Crippen LogP contribution in [0.4, 0.5) is 0 Å². The lowest BCUT2D eigenvalue weighted by Crippen LogP contribution is -2.63. The molecule has 0 spiro atoms. The fraction of sp³-hybridized carbons (Fsp3) is 0.468. The summed E-state index contributed by atoms with van der Waals surface area (Å²) >= 11 is 0. The Bertz CT molecular complexity index is 2160. The fourth-order valence-electron chi connectivity index (χ4n) is 7.20. The summed E-state index contributed by atoms with van der Waals surface area (Å²) in [5.41, 5.74) is 2.11. The largest absolute Gasteiger partial charge is 0.530 e. The van der Waals surface area contributed by atoms with Gasteiger partial charge in [0.2, 0.25) is 0 Å². The van der Waals surface area contributed by atoms with Gasteiger partial charge in [-0.15, -0.1) is 0 Å². The molecular formula is C47H61O17P3. The Morgan fingerprint density at radius 1 is 0.582 bits per heavy atom. The summed E-state index contributed by atoms with van der Waals surface area (Å²) in [7, 11) is -10.6. The van der Waals surface area contributed by atoms with Crippen LogP contribution in [0.25, 0.3) is 0 Å². The van der Waals surface area contributed by atoms with Crippen molar-refractivity contribution in [1.82, 2.24) is 0 Å². The van der Waals surface area contributed by atoms with E-state index in [4.69, 9.17) is 55.4 Å². The van der Waals surface area contributed by atoms with Crippen molar-refractivity contribution in [2.24, 2.45) is 5.92 Å². The number of benzene rings is 4. The molecule has 5 rings (SSSR count). The molecule has 1 saturated carbocycles. The van der Waals surface area contributed by atoms with Gasteiger partial charge in [-0.2, -0.15) is 0 Å². The summed E-state index contributed by atoms with van der Waals surface area (Å²) in [6.07, 6.45) is -1.08. The van der Waals surface area contributed by atoms with Gasteiger partial charge in [0.05, 0.1) is 32.5 Å². The van der Waals surface area contributed by atoms with Crippen molar-refractivity contribution in [2.45, 2.75) is 103 Å². The van der Waals surface area contributed by atoms with E-state index >= 15 is 9.13 Å². The molecule has 67 heavy (non-hydrogen) atoms. The number of phosphoric acid groups is 2. The number of aldehydes is 1. The van der Waals surface area contributed by atoms with Crippen molar-refractivity contribution in [3.63, 3.8) is 0 Å². The summed E-state index contributed by atoms with van der Waals surface area (Å²) in [4.78, 5) is 11.9. The van der Waals surface area contributed by atoms with Crippen LogP contribution in [-0.4, -0.2) is 71.2 Å². The monoisotopic (exact) mass is 990 g/mol. The summed E-state index contributed by atoms with van der Waals surface area (Å²) in [5, 5.41) is 0. The van der Waals surface area contributed by atoms with Crippen molar-refractivity contribution in [3.05, 3.63) is 131 Å². The molecule has 0 N–H and O–H groups in total. The molecule has 1 aliphatic carbocycles. The van der Waals surface area contributed by atoms with Crippen LogP contribution in [0, 0.1) is 5.92 Å². The zero-order chi connectivity index (χ0) is 47.9.